The van der Waals surface area contributed by atoms with Crippen molar-refractivity contribution in [2.24, 2.45) is 0 Å². The Hall–Kier alpha value is 0.260. The number of rotatable bonds is 0. The molecule has 0 aliphatic heterocycles. The minimum absolute atomic E-state index is 0.171. The standard InChI is InChI=1S/C6H10S2/c1-5(7)3-4-6(2)8/h5-8H,1-2H3. The van der Waals surface area contributed by atoms with Crippen molar-refractivity contribution in [3.05, 3.63) is 0 Å². The fourth-order valence-corrected chi connectivity index (χ4v) is 0.390. The molecule has 8 heavy (non-hydrogen) atoms. The summed E-state index contributed by atoms with van der Waals surface area (Å²) >= 11 is 8.13. The zero-order valence-corrected chi connectivity index (χ0v) is 6.84. The lowest BCUT2D eigenvalue weighted by Crippen LogP contribution is -1.87. The molecular weight excluding hydrogens is 136 g/mol. The third-order valence-electron chi connectivity index (χ3n) is 0.501. The highest BCUT2D eigenvalue weighted by Crippen LogP contribution is 1.91. The van der Waals surface area contributed by atoms with E-state index in [9.17, 15) is 0 Å². The average molecular weight is 146 g/mol. The van der Waals surface area contributed by atoms with Gasteiger partial charge in [0, 0.05) is 0 Å². The molecule has 0 N–H and O–H groups in total. The second-order valence-corrected chi connectivity index (χ2v) is 3.19. The van der Waals surface area contributed by atoms with E-state index in [0.717, 1.165) is 0 Å². The number of hydrogen-bond donors (Lipinski definition) is 2. The van der Waals surface area contributed by atoms with Crippen LogP contribution in [0.2, 0.25) is 0 Å². The van der Waals surface area contributed by atoms with Gasteiger partial charge in [0.15, 0.2) is 0 Å². The van der Waals surface area contributed by atoms with Crippen LogP contribution < -0.4 is 0 Å². The lowest BCUT2D eigenvalue weighted by atomic mass is 10.4. The lowest BCUT2D eigenvalue weighted by Gasteiger charge is -1.88. The van der Waals surface area contributed by atoms with Crippen LogP contribution in [0.5, 0.6) is 0 Å². The molecule has 0 aromatic carbocycles. The van der Waals surface area contributed by atoms with Crippen molar-refractivity contribution in [1.29, 1.82) is 0 Å². The van der Waals surface area contributed by atoms with Gasteiger partial charge in [-0.25, -0.2) is 0 Å². The quantitative estimate of drug-likeness (QED) is 0.376. The molecule has 0 rings (SSSR count). The van der Waals surface area contributed by atoms with Gasteiger partial charge in [0.2, 0.25) is 0 Å². The van der Waals surface area contributed by atoms with Gasteiger partial charge in [-0.05, 0) is 13.8 Å². The molecule has 0 nitrogen and oxygen atoms in total. The summed E-state index contributed by atoms with van der Waals surface area (Å²) in [6.45, 7) is 3.87. The molecule has 0 fully saturated rings. The topological polar surface area (TPSA) is 0 Å². The summed E-state index contributed by atoms with van der Waals surface area (Å²) in [5, 5.41) is 0.342. The van der Waals surface area contributed by atoms with Crippen molar-refractivity contribution in [3.8, 4) is 11.8 Å². The predicted octanol–water partition coefficient (Wildman–Crippen LogP) is 1.63. The zero-order valence-electron chi connectivity index (χ0n) is 5.05. The van der Waals surface area contributed by atoms with Gasteiger partial charge in [0.25, 0.3) is 0 Å². The van der Waals surface area contributed by atoms with Crippen LogP contribution in [0.4, 0.5) is 0 Å². The molecule has 46 valence electrons. The maximum atomic E-state index is 4.07. The van der Waals surface area contributed by atoms with Crippen LogP contribution in [0, 0.1) is 11.8 Å². The van der Waals surface area contributed by atoms with Crippen LogP contribution in [-0.4, -0.2) is 10.5 Å². The first-order valence-corrected chi connectivity index (χ1v) is 3.53. The van der Waals surface area contributed by atoms with E-state index >= 15 is 0 Å². The smallest absolute Gasteiger partial charge is 0.0599 e. The van der Waals surface area contributed by atoms with Crippen molar-refractivity contribution in [2.75, 3.05) is 0 Å². The molecule has 2 unspecified atom stereocenters. The summed E-state index contributed by atoms with van der Waals surface area (Å²) in [5.41, 5.74) is 0. The molecule has 0 saturated heterocycles. The van der Waals surface area contributed by atoms with Gasteiger partial charge in [-0.2, -0.15) is 25.3 Å². The molecule has 0 aromatic heterocycles. The largest absolute Gasteiger partial charge is 0.163 e. The van der Waals surface area contributed by atoms with Gasteiger partial charge in [0.05, 0.1) is 10.5 Å². The molecule has 2 heteroatoms. The zero-order chi connectivity index (χ0) is 6.57. The maximum absolute atomic E-state index is 4.07. The molecule has 0 amide bonds. The lowest BCUT2D eigenvalue weighted by molar-refractivity contribution is 1.27. The molecule has 0 aliphatic rings. The van der Waals surface area contributed by atoms with Gasteiger partial charge >= 0.3 is 0 Å². The highest BCUT2D eigenvalue weighted by Gasteiger charge is 1.84. The van der Waals surface area contributed by atoms with Crippen molar-refractivity contribution < 1.29 is 0 Å². The van der Waals surface area contributed by atoms with Crippen molar-refractivity contribution >= 4 is 25.3 Å². The predicted molar refractivity (Wildman–Crippen MR) is 44.7 cm³/mol. The summed E-state index contributed by atoms with van der Waals surface area (Å²) in [4.78, 5) is 0. The van der Waals surface area contributed by atoms with E-state index in [1.807, 2.05) is 13.8 Å². The summed E-state index contributed by atoms with van der Waals surface area (Å²) in [7, 11) is 0. The Kier molecular flexibility index (Phi) is 4.31. The van der Waals surface area contributed by atoms with E-state index in [4.69, 9.17) is 0 Å². The Bertz CT molecular complexity index is 93.4. The summed E-state index contributed by atoms with van der Waals surface area (Å²) < 4.78 is 0. The molecule has 0 saturated carbocycles. The maximum Gasteiger partial charge on any atom is 0.0599 e. The molecule has 0 aromatic rings. The van der Waals surface area contributed by atoms with Crippen molar-refractivity contribution in [1.82, 2.24) is 0 Å². The van der Waals surface area contributed by atoms with Gasteiger partial charge in [0.1, 0.15) is 0 Å². The first kappa shape index (κ1) is 8.26. The normalized spacial score (nSPS) is 16.0. The van der Waals surface area contributed by atoms with Crippen molar-refractivity contribution in [2.45, 2.75) is 24.3 Å². The Balaban J connectivity index is 3.50. The molecule has 0 heterocycles. The van der Waals surface area contributed by atoms with Gasteiger partial charge < -0.3 is 0 Å². The number of thiol groups is 2. The second-order valence-electron chi connectivity index (χ2n) is 1.64. The second kappa shape index (κ2) is 4.17. The van der Waals surface area contributed by atoms with Crippen LogP contribution in [0.15, 0.2) is 0 Å². The highest BCUT2D eigenvalue weighted by molar-refractivity contribution is 7.81. The van der Waals surface area contributed by atoms with E-state index in [0.29, 0.717) is 0 Å². The Labute approximate surface area is 61.9 Å². The Morgan fingerprint density at radius 1 is 1.00 bits per heavy atom. The van der Waals surface area contributed by atoms with Crippen LogP contribution in [-0.2, 0) is 0 Å². The Morgan fingerprint density at radius 3 is 1.38 bits per heavy atom. The van der Waals surface area contributed by atoms with E-state index < -0.39 is 0 Å². The molecule has 0 bridgehead atoms. The summed E-state index contributed by atoms with van der Waals surface area (Å²) in [5.74, 6) is 5.77. The van der Waals surface area contributed by atoms with Crippen LogP contribution in [0.1, 0.15) is 13.8 Å². The fourth-order valence-electron chi connectivity index (χ4n) is 0.241. The van der Waals surface area contributed by atoms with Crippen molar-refractivity contribution in [3.63, 3.8) is 0 Å². The first-order valence-electron chi connectivity index (χ1n) is 2.50. The van der Waals surface area contributed by atoms with E-state index in [-0.39, 0.29) is 10.5 Å². The summed E-state index contributed by atoms with van der Waals surface area (Å²) in [6, 6.07) is 0. The molecule has 0 spiro atoms. The summed E-state index contributed by atoms with van der Waals surface area (Å²) in [6.07, 6.45) is 0. The van der Waals surface area contributed by atoms with E-state index in [2.05, 4.69) is 37.1 Å². The third-order valence-corrected chi connectivity index (χ3v) is 0.759. The highest BCUT2D eigenvalue weighted by atomic mass is 32.1. The van der Waals surface area contributed by atoms with Crippen LogP contribution in [0.25, 0.3) is 0 Å². The molecular formula is C6H10S2. The Morgan fingerprint density at radius 2 is 1.25 bits per heavy atom. The monoisotopic (exact) mass is 146 g/mol. The van der Waals surface area contributed by atoms with Crippen LogP contribution in [0.3, 0.4) is 0 Å². The van der Waals surface area contributed by atoms with Gasteiger partial charge in [-0.1, -0.05) is 11.8 Å². The first-order chi connectivity index (χ1) is 3.63. The van der Waals surface area contributed by atoms with E-state index in [1.165, 1.54) is 0 Å². The minimum atomic E-state index is 0.171. The average Bonchev–Trinajstić information content (AvgIpc) is 1.61. The SMILES string of the molecule is CC(S)C#CC(C)S. The molecule has 0 radical (unpaired) electrons. The third kappa shape index (κ3) is 6.26. The molecule has 2 atom stereocenters. The minimum Gasteiger partial charge on any atom is -0.163 e. The molecule has 0 aliphatic carbocycles. The fraction of sp³-hybridized carbons (Fsp3) is 0.667. The van der Waals surface area contributed by atoms with Crippen LogP contribution >= 0.6 is 25.3 Å². The number of hydrogen-bond acceptors (Lipinski definition) is 2. The van der Waals surface area contributed by atoms with Gasteiger partial charge in [-0.15, -0.1) is 0 Å². The van der Waals surface area contributed by atoms with E-state index in [1.54, 1.807) is 0 Å². The van der Waals surface area contributed by atoms with Gasteiger partial charge in [-0.3, -0.25) is 0 Å².